The van der Waals surface area contributed by atoms with Crippen LogP contribution in [0.3, 0.4) is 0 Å². The lowest BCUT2D eigenvalue weighted by Gasteiger charge is -2.08. The number of primary sulfonamides is 1. The van der Waals surface area contributed by atoms with Gasteiger partial charge in [-0.05, 0) is 19.9 Å². The van der Waals surface area contributed by atoms with E-state index < -0.39 is 10.0 Å². The molecule has 1 rings (SSSR count). The van der Waals surface area contributed by atoms with Crippen molar-refractivity contribution in [2.24, 2.45) is 5.14 Å². The molecule has 0 saturated heterocycles. The van der Waals surface area contributed by atoms with Crippen molar-refractivity contribution >= 4 is 10.0 Å². The largest absolute Gasteiger partial charge is 0.475 e. The van der Waals surface area contributed by atoms with E-state index in [1.807, 2.05) is 13.8 Å². The van der Waals surface area contributed by atoms with Gasteiger partial charge in [0.2, 0.25) is 15.9 Å². The molecule has 0 bridgehead atoms. The van der Waals surface area contributed by atoms with Gasteiger partial charge in [0.05, 0.1) is 18.9 Å². The summed E-state index contributed by atoms with van der Waals surface area (Å²) < 4.78 is 32.4. The molecule has 0 unspecified atom stereocenters. The van der Waals surface area contributed by atoms with E-state index in [4.69, 9.17) is 14.6 Å². The summed E-state index contributed by atoms with van der Waals surface area (Å²) in [6, 6.07) is 2.80. The number of rotatable bonds is 6. The van der Waals surface area contributed by atoms with Gasteiger partial charge in [-0.15, -0.1) is 0 Å². The molecule has 0 spiro atoms. The molecule has 1 aromatic heterocycles. The second-order valence-electron chi connectivity index (χ2n) is 3.65. The van der Waals surface area contributed by atoms with Gasteiger partial charge in [-0.25, -0.2) is 18.5 Å². The van der Waals surface area contributed by atoms with Crippen molar-refractivity contribution in [3.8, 4) is 5.88 Å². The van der Waals surface area contributed by atoms with Gasteiger partial charge in [0.15, 0.2) is 0 Å². The first kappa shape index (κ1) is 13.9. The van der Waals surface area contributed by atoms with Crippen LogP contribution in [0.2, 0.25) is 0 Å². The number of sulfonamides is 1. The van der Waals surface area contributed by atoms with E-state index >= 15 is 0 Å². The molecule has 0 amide bonds. The maximum Gasteiger partial charge on any atom is 0.239 e. The molecule has 7 heteroatoms. The molecule has 0 radical (unpaired) electrons. The second kappa shape index (κ2) is 5.95. The summed E-state index contributed by atoms with van der Waals surface area (Å²) in [7, 11) is -3.70. The summed E-state index contributed by atoms with van der Waals surface area (Å²) in [5.74, 6) is 0.338. The second-order valence-corrected chi connectivity index (χ2v) is 5.21. The van der Waals surface area contributed by atoms with Gasteiger partial charge in [-0.3, -0.25) is 0 Å². The minimum atomic E-state index is -3.70. The van der Waals surface area contributed by atoms with Gasteiger partial charge < -0.3 is 9.47 Å². The predicted octanol–water partition coefficient (Wildman–Crippen LogP) is 0.533. The lowest BCUT2D eigenvalue weighted by molar-refractivity contribution is 0.0542. The van der Waals surface area contributed by atoms with E-state index in [9.17, 15) is 8.42 Å². The monoisotopic (exact) mass is 260 g/mol. The van der Waals surface area contributed by atoms with Crippen molar-refractivity contribution in [2.75, 3.05) is 13.2 Å². The molecule has 0 aliphatic rings. The molecule has 0 saturated carbocycles. The standard InChI is InChI=1S/C10H16N2O4S/c1-8(2)15-5-6-16-10-4-3-9(7-12-10)17(11,13)14/h3-4,7-8H,5-6H2,1-2H3,(H2,11,13,14). The van der Waals surface area contributed by atoms with E-state index in [0.29, 0.717) is 19.1 Å². The Morgan fingerprint density at radius 3 is 2.53 bits per heavy atom. The van der Waals surface area contributed by atoms with Crippen LogP contribution >= 0.6 is 0 Å². The third-order valence-corrected chi connectivity index (χ3v) is 2.72. The highest BCUT2D eigenvalue weighted by Gasteiger charge is 2.07. The Kier molecular flexibility index (Phi) is 4.86. The van der Waals surface area contributed by atoms with E-state index in [2.05, 4.69) is 4.98 Å². The van der Waals surface area contributed by atoms with Crippen LogP contribution < -0.4 is 9.88 Å². The summed E-state index contributed by atoms with van der Waals surface area (Å²) in [6.07, 6.45) is 1.31. The van der Waals surface area contributed by atoms with Gasteiger partial charge in [0, 0.05) is 6.07 Å². The number of hydrogen-bond donors (Lipinski definition) is 1. The minimum absolute atomic E-state index is 0.0386. The molecule has 1 aromatic rings. The molecule has 17 heavy (non-hydrogen) atoms. The third kappa shape index (κ3) is 5.12. The lowest BCUT2D eigenvalue weighted by Crippen LogP contribution is -2.13. The van der Waals surface area contributed by atoms with Crippen molar-refractivity contribution in [1.82, 2.24) is 4.98 Å². The number of pyridine rings is 1. The molecule has 1 heterocycles. The van der Waals surface area contributed by atoms with Crippen LogP contribution in [-0.2, 0) is 14.8 Å². The highest BCUT2D eigenvalue weighted by atomic mass is 32.2. The highest BCUT2D eigenvalue weighted by Crippen LogP contribution is 2.10. The summed E-state index contributed by atoms with van der Waals surface area (Å²) in [6.45, 7) is 4.68. The van der Waals surface area contributed by atoms with Crippen molar-refractivity contribution < 1.29 is 17.9 Å². The van der Waals surface area contributed by atoms with Crippen molar-refractivity contribution in [3.63, 3.8) is 0 Å². The minimum Gasteiger partial charge on any atom is -0.475 e. The fourth-order valence-electron chi connectivity index (χ4n) is 1.05. The van der Waals surface area contributed by atoms with Crippen LogP contribution in [0.5, 0.6) is 5.88 Å². The first-order chi connectivity index (χ1) is 7.89. The van der Waals surface area contributed by atoms with E-state index in [0.717, 1.165) is 6.20 Å². The Bertz CT molecular complexity index is 442. The Labute approximate surface area is 101 Å². The molecule has 0 aromatic carbocycles. The van der Waals surface area contributed by atoms with E-state index in [1.165, 1.54) is 12.1 Å². The highest BCUT2D eigenvalue weighted by molar-refractivity contribution is 7.89. The summed E-state index contributed by atoms with van der Waals surface area (Å²) in [5.41, 5.74) is 0. The lowest BCUT2D eigenvalue weighted by atomic mass is 10.5. The van der Waals surface area contributed by atoms with Crippen LogP contribution in [-0.4, -0.2) is 32.7 Å². The summed E-state index contributed by atoms with van der Waals surface area (Å²) >= 11 is 0. The molecular formula is C10H16N2O4S. The van der Waals surface area contributed by atoms with Crippen LogP contribution in [0.1, 0.15) is 13.8 Å². The zero-order chi connectivity index (χ0) is 12.9. The molecule has 0 atom stereocenters. The van der Waals surface area contributed by atoms with Crippen molar-refractivity contribution in [2.45, 2.75) is 24.8 Å². The SMILES string of the molecule is CC(C)OCCOc1ccc(S(N)(=O)=O)cn1. The topological polar surface area (TPSA) is 91.5 Å². The van der Waals surface area contributed by atoms with Gasteiger partial charge in [-0.1, -0.05) is 0 Å². The maximum absolute atomic E-state index is 11.0. The molecule has 2 N–H and O–H groups in total. The van der Waals surface area contributed by atoms with Crippen LogP contribution in [0.4, 0.5) is 0 Å². The van der Waals surface area contributed by atoms with Crippen LogP contribution in [0.25, 0.3) is 0 Å². The summed E-state index contributed by atoms with van der Waals surface area (Å²) in [4.78, 5) is 3.79. The Balaban J connectivity index is 2.46. The van der Waals surface area contributed by atoms with Crippen LogP contribution in [0, 0.1) is 0 Å². The fourth-order valence-corrected chi connectivity index (χ4v) is 1.51. The van der Waals surface area contributed by atoms with Gasteiger partial charge >= 0.3 is 0 Å². The third-order valence-electron chi connectivity index (χ3n) is 1.82. The zero-order valence-electron chi connectivity index (χ0n) is 9.79. The van der Waals surface area contributed by atoms with Gasteiger partial charge in [-0.2, -0.15) is 0 Å². The number of ether oxygens (including phenoxy) is 2. The zero-order valence-corrected chi connectivity index (χ0v) is 10.6. The smallest absolute Gasteiger partial charge is 0.239 e. The number of nitrogens with zero attached hydrogens (tertiary/aromatic N) is 1. The van der Waals surface area contributed by atoms with Crippen LogP contribution in [0.15, 0.2) is 23.2 Å². The molecule has 0 aliphatic carbocycles. The average Bonchev–Trinajstić information content (AvgIpc) is 2.23. The number of hydrogen-bond acceptors (Lipinski definition) is 5. The molecule has 0 aliphatic heterocycles. The molecule has 6 nitrogen and oxygen atoms in total. The Hall–Kier alpha value is -1.18. The maximum atomic E-state index is 11.0. The molecule has 0 fully saturated rings. The van der Waals surface area contributed by atoms with Gasteiger partial charge in [0.25, 0.3) is 0 Å². The Morgan fingerprint density at radius 1 is 1.35 bits per heavy atom. The first-order valence-corrected chi connectivity index (χ1v) is 6.67. The number of nitrogens with two attached hydrogens (primary N) is 1. The number of aromatic nitrogens is 1. The van der Waals surface area contributed by atoms with Crippen molar-refractivity contribution in [3.05, 3.63) is 18.3 Å². The van der Waals surface area contributed by atoms with E-state index in [1.54, 1.807) is 0 Å². The summed E-state index contributed by atoms with van der Waals surface area (Å²) in [5, 5.41) is 4.93. The average molecular weight is 260 g/mol. The van der Waals surface area contributed by atoms with Gasteiger partial charge in [0.1, 0.15) is 11.5 Å². The predicted molar refractivity (Wildman–Crippen MR) is 62.2 cm³/mol. The van der Waals surface area contributed by atoms with E-state index in [-0.39, 0.29) is 11.0 Å². The Morgan fingerprint density at radius 2 is 2.06 bits per heavy atom. The normalized spacial score (nSPS) is 11.8. The first-order valence-electron chi connectivity index (χ1n) is 5.13. The van der Waals surface area contributed by atoms with Crippen molar-refractivity contribution in [1.29, 1.82) is 0 Å². The quantitative estimate of drug-likeness (QED) is 0.753. The molecule has 96 valence electrons. The molecular weight excluding hydrogens is 244 g/mol. The fraction of sp³-hybridized carbons (Fsp3) is 0.500.